The molecular weight excluding hydrogens is 508 g/mol. The van der Waals surface area contributed by atoms with Crippen LogP contribution in [-0.4, -0.2) is 83.2 Å². The second-order valence-corrected chi connectivity index (χ2v) is 9.22. The molecule has 1 aromatic carbocycles. The number of guanidine groups is 1. The molecule has 0 spiro atoms. The summed E-state index contributed by atoms with van der Waals surface area (Å²) in [4.78, 5) is 54.3. The number of aliphatic imine (C=N–C) groups is 1. The van der Waals surface area contributed by atoms with Gasteiger partial charge in [-0.05, 0) is 51.1 Å². The van der Waals surface area contributed by atoms with Crippen LogP contribution in [0.2, 0.25) is 0 Å². The first-order chi connectivity index (χ1) is 18.5. The first-order valence-corrected chi connectivity index (χ1v) is 12.8. The van der Waals surface area contributed by atoms with E-state index in [0.29, 0.717) is 25.8 Å². The zero-order valence-electron chi connectivity index (χ0n) is 22.2. The van der Waals surface area contributed by atoms with Crippen LogP contribution < -0.4 is 38.9 Å². The Bertz CT molecular complexity index is 955. The van der Waals surface area contributed by atoms with E-state index in [-0.39, 0.29) is 31.8 Å². The molecule has 5 unspecified atom stereocenters. The first kappa shape index (κ1) is 33.3. The van der Waals surface area contributed by atoms with Crippen molar-refractivity contribution in [2.45, 2.75) is 75.7 Å². The maximum Gasteiger partial charge on any atom is 0.326 e. The highest BCUT2D eigenvalue weighted by atomic mass is 16.4. The lowest BCUT2D eigenvalue weighted by atomic mass is 10.0. The third-order valence-corrected chi connectivity index (χ3v) is 5.84. The summed E-state index contributed by atoms with van der Waals surface area (Å²) in [7, 11) is 0. The number of aliphatic carboxylic acids is 1. The Labute approximate surface area is 228 Å². The molecule has 14 heteroatoms. The van der Waals surface area contributed by atoms with Crippen LogP contribution in [0.4, 0.5) is 0 Å². The van der Waals surface area contributed by atoms with Gasteiger partial charge in [0, 0.05) is 13.0 Å². The summed E-state index contributed by atoms with van der Waals surface area (Å²) in [5.41, 5.74) is 22.7. The van der Waals surface area contributed by atoms with Crippen molar-refractivity contribution in [1.29, 1.82) is 0 Å². The van der Waals surface area contributed by atoms with E-state index < -0.39 is 54.0 Å². The monoisotopic (exact) mass is 550 g/mol. The molecule has 14 nitrogen and oxygen atoms in total. The number of carbonyl (C=O) groups excluding carboxylic acids is 3. The normalized spacial score (nSPS) is 14.7. The molecule has 0 heterocycles. The van der Waals surface area contributed by atoms with Crippen molar-refractivity contribution in [3.8, 4) is 0 Å². The van der Waals surface area contributed by atoms with Crippen LogP contribution in [0.3, 0.4) is 0 Å². The molecule has 0 radical (unpaired) electrons. The molecule has 0 saturated carbocycles. The van der Waals surface area contributed by atoms with Crippen molar-refractivity contribution in [1.82, 2.24) is 16.0 Å². The summed E-state index contributed by atoms with van der Waals surface area (Å²) in [6.07, 6.45) is 0.573. The van der Waals surface area contributed by atoms with Gasteiger partial charge in [-0.15, -0.1) is 0 Å². The molecule has 218 valence electrons. The molecular formula is C25H42N8O6. The van der Waals surface area contributed by atoms with Gasteiger partial charge >= 0.3 is 5.97 Å². The number of carbonyl (C=O) groups is 4. The van der Waals surface area contributed by atoms with Crippen LogP contribution in [0.1, 0.15) is 44.6 Å². The summed E-state index contributed by atoms with van der Waals surface area (Å²) >= 11 is 0. The number of unbranched alkanes of at least 4 members (excludes halogenated alkanes) is 1. The average Bonchev–Trinajstić information content (AvgIpc) is 2.88. The molecule has 0 aliphatic carbocycles. The van der Waals surface area contributed by atoms with Gasteiger partial charge in [0.05, 0.1) is 12.1 Å². The largest absolute Gasteiger partial charge is 0.480 e. The maximum atomic E-state index is 13.3. The minimum atomic E-state index is -1.47. The van der Waals surface area contributed by atoms with E-state index in [1.807, 2.05) is 0 Å². The van der Waals surface area contributed by atoms with E-state index in [9.17, 15) is 29.4 Å². The van der Waals surface area contributed by atoms with E-state index in [0.717, 1.165) is 5.56 Å². The Morgan fingerprint density at radius 2 is 1.54 bits per heavy atom. The van der Waals surface area contributed by atoms with E-state index >= 15 is 0 Å². The lowest BCUT2D eigenvalue weighted by Gasteiger charge is -2.26. The topological polar surface area (TPSA) is 261 Å². The lowest BCUT2D eigenvalue weighted by molar-refractivity contribution is -0.143. The van der Waals surface area contributed by atoms with Gasteiger partial charge in [0.15, 0.2) is 5.96 Å². The number of carboxylic acids is 1. The number of nitrogens with one attached hydrogen (secondary N) is 3. The number of hydrogen-bond acceptors (Lipinski definition) is 8. The van der Waals surface area contributed by atoms with Crippen LogP contribution in [-0.2, 0) is 25.6 Å². The van der Waals surface area contributed by atoms with Crippen molar-refractivity contribution >= 4 is 29.7 Å². The van der Waals surface area contributed by atoms with Gasteiger partial charge < -0.3 is 49.1 Å². The smallest absolute Gasteiger partial charge is 0.326 e. The molecule has 0 bridgehead atoms. The number of amides is 3. The van der Waals surface area contributed by atoms with Crippen LogP contribution in [0.15, 0.2) is 35.3 Å². The first-order valence-electron chi connectivity index (χ1n) is 12.8. The lowest BCUT2D eigenvalue weighted by Crippen LogP contribution is -2.60. The van der Waals surface area contributed by atoms with Gasteiger partial charge in [0.2, 0.25) is 17.7 Å². The quantitative estimate of drug-likeness (QED) is 0.0534. The number of rotatable bonds is 18. The molecule has 0 aliphatic heterocycles. The number of carboxylic acid groups (broad SMARTS) is 1. The summed E-state index contributed by atoms with van der Waals surface area (Å²) < 4.78 is 0. The van der Waals surface area contributed by atoms with Gasteiger partial charge in [0.25, 0.3) is 0 Å². The number of nitrogens with two attached hydrogens (primary N) is 4. The summed E-state index contributed by atoms with van der Waals surface area (Å²) in [6, 6.07) is 4.07. The van der Waals surface area contributed by atoms with E-state index in [1.54, 1.807) is 30.3 Å². The van der Waals surface area contributed by atoms with Gasteiger partial charge in [0.1, 0.15) is 18.1 Å². The Morgan fingerprint density at radius 3 is 2.10 bits per heavy atom. The molecule has 0 fully saturated rings. The Hall–Kier alpha value is -3.75. The third kappa shape index (κ3) is 13.0. The predicted octanol–water partition coefficient (Wildman–Crippen LogP) is -2.34. The van der Waals surface area contributed by atoms with E-state index in [1.165, 1.54) is 6.92 Å². The van der Waals surface area contributed by atoms with Gasteiger partial charge in [-0.3, -0.25) is 19.4 Å². The Kier molecular flexibility index (Phi) is 15.1. The minimum absolute atomic E-state index is 0.0735. The Morgan fingerprint density at radius 1 is 0.897 bits per heavy atom. The molecule has 0 aromatic heterocycles. The van der Waals surface area contributed by atoms with Crippen LogP contribution >= 0.6 is 0 Å². The number of aliphatic hydroxyl groups is 1. The van der Waals surface area contributed by atoms with Crippen molar-refractivity contribution in [3.05, 3.63) is 35.9 Å². The van der Waals surface area contributed by atoms with E-state index in [4.69, 9.17) is 22.9 Å². The number of hydrogen-bond donors (Lipinski definition) is 9. The number of benzene rings is 1. The maximum absolute atomic E-state index is 13.3. The van der Waals surface area contributed by atoms with Crippen molar-refractivity contribution in [2.24, 2.45) is 27.9 Å². The second kappa shape index (κ2) is 17.7. The van der Waals surface area contributed by atoms with Crippen molar-refractivity contribution in [3.63, 3.8) is 0 Å². The zero-order valence-corrected chi connectivity index (χ0v) is 22.2. The fourth-order valence-corrected chi connectivity index (χ4v) is 3.66. The molecule has 13 N–H and O–H groups in total. The number of aliphatic hydroxyl groups excluding tert-OH is 1. The summed E-state index contributed by atoms with van der Waals surface area (Å²) in [5, 5.41) is 27.1. The highest BCUT2D eigenvalue weighted by molar-refractivity contribution is 5.94. The number of nitrogens with zero attached hydrogens (tertiary/aromatic N) is 1. The standard InChI is InChI=1S/C25H42N8O6/c1-15(34)20(23(37)31-18(24(38)39)11-5-6-12-26)33-22(36)19(14-16-8-3-2-4-9-16)32-21(35)17(27)10-7-13-30-25(28)29/h2-4,8-9,15,17-20,34H,5-7,10-14,26-27H2,1H3,(H,31,37)(H,32,35)(H,33,36)(H,38,39)(H4,28,29,30). The fraction of sp³-hybridized carbons (Fsp3) is 0.560. The molecule has 39 heavy (non-hydrogen) atoms. The fourth-order valence-electron chi connectivity index (χ4n) is 3.66. The molecule has 3 amide bonds. The van der Waals surface area contributed by atoms with Crippen LogP contribution in [0, 0.1) is 0 Å². The molecule has 1 aromatic rings. The molecule has 5 atom stereocenters. The molecule has 1 rings (SSSR count). The second-order valence-electron chi connectivity index (χ2n) is 9.22. The van der Waals surface area contributed by atoms with Crippen LogP contribution in [0.5, 0.6) is 0 Å². The van der Waals surface area contributed by atoms with Gasteiger partial charge in [-0.25, -0.2) is 4.79 Å². The van der Waals surface area contributed by atoms with E-state index in [2.05, 4.69) is 20.9 Å². The van der Waals surface area contributed by atoms with Gasteiger partial charge in [-0.1, -0.05) is 30.3 Å². The summed E-state index contributed by atoms with van der Waals surface area (Å²) in [5.74, 6) is -3.55. The molecule has 0 saturated heterocycles. The predicted molar refractivity (Wildman–Crippen MR) is 146 cm³/mol. The summed E-state index contributed by atoms with van der Waals surface area (Å²) in [6.45, 7) is 1.94. The van der Waals surface area contributed by atoms with Crippen LogP contribution in [0.25, 0.3) is 0 Å². The average molecular weight is 551 g/mol. The van der Waals surface area contributed by atoms with Crippen molar-refractivity contribution < 1.29 is 29.4 Å². The highest BCUT2D eigenvalue weighted by Gasteiger charge is 2.32. The zero-order chi connectivity index (χ0) is 29.4. The molecule has 0 aliphatic rings. The Balaban J connectivity index is 2.98. The highest BCUT2D eigenvalue weighted by Crippen LogP contribution is 2.07. The van der Waals surface area contributed by atoms with Gasteiger partial charge in [-0.2, -0.15) is 0 Å². The third-order valence-electron chi connectivity index (χ3n) is 5.84. The van der Waals surface area contributed by atoms with Crippen molar-refractivity contribution in [2.75, 3.05) is 13.1 Å². The SMILES string of the molecule is CC(O)C(NC(=O)C(Cc1ccccc1)NC(=O)C(N)CCCN=C(N)N)C(=O)NC(CCCCN)C(=O)O. The minimum Gasteiger partial charge on any atom is -0.480 e.